The second kappa shape index (κ2) is 9.34. The lowest BCUT2D eigenvalue weighted by Crippen LogP contribution is -2.38. The predicted octanol–water partition coefficient (Wildman–Crippen LogP) is 3.31. The molecule has 2 N–H and O–H groups in total. The van der Waals surface area contributed by atoms with Crippen molar-refractivity contribution in [3.05, 3.63) is 84.4 Å². The Kier molecular flexibility index (Phi) is 6.17. The summed E-state index contributed by atoms with van der Waals surface area (Å²) in [6, 6.07) is 19.2. The summed E-state index contributed by atoms with van der Waals surface area (Å²) in [7, 11) is 0. The van der Waals surface area contributed by atoms with Crippen molar-refractivity contribution in [2.75, 3.05) is 19.8 Å². The van der Waals surface area contributed by atoms with E-state index in [0.29, 0.717) is 24.7 Å². The molecule has 3 aromatic rings. The topological polar surface area (TPSA) is 76.7 Å². The molecular weight excluding hydrogens is 392 g/mol. The first-order chi connectivity index (χ1) is 15.1. The van der Waals surface area contributed by atoms with E-state index < -0.39 is 6.04 Å². The van der Waals surface area contributed by atoms with Crippen LogP contribution in [0.1, 0.15) is 17.2 Å². The van der Waals surface area contributed by atoms with E-state index in [4.69, 9.17) is 9.47 Å². The summed E-state index contributed by atoms with van der Waals surface area (Å²) >= 11 is 0. The van der Waals surface area contributed by atoms with Crippen molar-refractivity contribution in [3.63, 3.8) is 0 Å². The fraction of sp³-hybridized carbons (Fsp3) is 0.200. The van der Waals surface area contributed by atoms with Gasteiger partial charge in [-0.2, -0.15) is 0 Å². The summed E-state index contributed by atoms with van der Waals surface area (Å²) in [5, 5.41) is 8.01. The molecular formula is C25H24N2O4. The van der Waals surface area contributed by atoms with Crippen LogP contribution in [0.25, 0.3) is 10.8 Å². The van der Waals surface area contributed by atoms with Gasteiger partial charge >= 0.3 is 0 Å². The molecule has 0 aliphatic carbocycles. The van der Waals surface area contributed by atoms with Crippen molar-refractivity contribution in [2.45, 2.75) is 12.5 Å². The van der Waals surface area contributed by atoms with Gasteiger partial charge in [-0.3, -0.25) is 9.59 Å². The number of amides is 2. The van der Waals surface area contributed by atoms with Gasteiger partial charge in [0.15, 0.2) is 11.5 Å². The number of carbonyl (C=O) groups is 2. The number of ether oxygens (including phenoxy) is 2. The molecule has 4 rings (SSSR count). The highest BCUT2D eigenvalue weighted by Gasteiger charge is 2.20. The van der Waals surface area contributed by atoms with E-state index in [0.717, 1.165) is 21.9 Å². The Morgan fingerprint density at radius 3 is 2.65 bits per heavy atom. The smallest absolute Gasteiger partial charge is 0.243 e. The quantitative estimate of drug-likeness (QED) is 0.580. The second-order valence-corrected chi connectivity index (χ2v) is 7.29. The molecule has 1 aliphatic rings. The normalized spacial score (nSPS) is 13.3. The third-order valence-electron chi connectivity index (χ3n) is 5.18. The van der Waals surface area contributed by atoms with E-state index in [2.05, 4.69) is 17.2 Å². The van der Waals surface area contributed by atoms with E-state index in [1.54, 1.807) is 0 Å². The van der Waals surface area contributed by atoms with E-state index in [-0.39, 0.29) is 24.8 Å². The van der Waals surface area contributed by atoms with Crippen LogP contribution in [0.4, 0.5) is 0 Å². The molecule has 6 heteroatoms. The van der Waals surface area contributed by atoms with Gasteiger partial charge in [0.25, 0.3) is 0 Å². The Morgan fingerprint density at radius 1 is 1.00 bits per heavy atom. The summed E-state index contributed by atoms with van der Waals surface area (Å²) in [5.74, 6) is 0.809. The molecule has 0 spiro atoms. The average molecular weight is 416 g/mol. The van der Waals surface area contributed by atoms with Crippen molar-refractivity contribution in [2.24, 2.45) is 0 Å². The molecule has 1 atom stereocenters. The van der Waals surface area contributed by atoms with Crippen LogP contribution in [0.5, 0.6) is 11.5 Å². The molecule has 0 radical (unpaired) electrons. The van der Waals surface area contributed by atoms with Gasteiger partial charge in [0.05, 0.1) is 12.5 Å². The Hall–Kier alpha value is -3.80. The number of fused-ring (bicyclic) bond motifs is 2. The minimum atomic E-state index is -0.391. The molecule has 1 aliphatic heterocycles. The van der Waals surface area contributed by atoms with E-state index in [1.807, 2.05) is 60.7 Å². The van der Waals surface area contributed by atoms with Crippen LogP contribution in [0.15, 0.2) is 73.3 Å². The Balaban J connectivity index is 1.54. The summed E-state index contributed by atoms with van der Waals surface area (Å²) in [6.07, 6.45) is 1.36. The molecule has 1 heterocycles. The van der Waals surface area contributed by atoms with Crippen molar-refractivity contribution < 1.29 is 19.1 Å². The third kappa shape index (κ3) is 4.86. The number of nitrogens with one attached hydrogen (secondary N) is 2. The minimum absolute atomic E-state index is 0.145. The standard InChI is InChI=1S/C25H24N2O4/c1-2-23(28)26-16-21(19-11-10-17-6-3-4-7-18(17)14-19)27-24(29)15-20-8-5-9-22-25(20)31-13-12-30-22/h2-11,14,21H,1,12-13,15-16H2,(H,26,28)(H,27,29). The third-order valence-corrected chi connectivity index (χ3v) is 5.18. The highest BCUT2D eigenvalue weighted by molar-refractivity contribution is 5.87. The molecule has 6 nitrogen and oxygen atoms in total. The number of carbonyl (C=O) groups excluding carboxylic acids is 2. The van der Waals surface area contributed by atoms with Gasteiger partial charge in [0.2, 0.25) is 11.8 Å². The lowest BCUT2D eigenvalue weighted by Gasteiger charge is -2.22. The highest BCUT2D eigenvalue weighted by Crippen LogP contribution is 2.34. The first kappa shape index (κ1) is 20.5. The Morgan fingerprint density at radius 2 is 1.81 bits per heavy atom. The predicted molar refractivity (Wildman–Crippen MR) is 119 cm³/mol. The van der Waals surface area contributed by atoms with E-state index in [9.17, 15) is 9.59 Å². The molecule has 3 aromatic carbocycles. The molecule has 0 saturated carbocycles. The van der Waals surface area contributed by atoms with Gasteiger partial charge < -0.3 is 20.1 Å². The summed E-state index contributed by atoms with van der Waals surface area (Å²) in [6.45, 7) is 4.69. The molecule has 158 valence electrons. The molecule has 0 bridgehead atoms. The van der Waals surface area contributed by atoms with Gasteiger partial charge in [-0.15, -0.1) is 0 Å². The van der Waals surface area contributed by atoms with Crippen LogP contribution in [-0.2, 0) is 16.0 Å². The maximum absolute atomic E-state index is 12.9. The fourth-order valence-electron chi connectivity index (χ4n) is 3.64. The SMILES string of the molecule is C=CC(=O)NCC(NC(=O)Cc1cccc2c1OCCO2)c1ccc2ccccc2c1. The van der Waals surface area contributed by atoms with Crippen LogP contribution in [0, 0.1) is 0 Å². The van der Waals surface area contributed by atoms with Crippen molar-refractivity contribution in [1.82, 2.24) is 10.6 Å². The molecule has 0 saturated heterocycles. The number of rotatable bonds is 7. The fourth-order valence-corrected chi connectivity index (χ4v) is 3.64. The highest BCUT2D eigenvalue weighted by atomic mass is 16.6. The van der Waals surface area contributed by atoms with Crippen LogP contribution in [-0.4, -0.2) is 31.6 Å². The summed E-state index contributed by atoms with van der Waals surface area (Å²) in [5.41, 5.74) is 1.67. The monoisotopic (exact) mass is 416 g/mol. The minimum Gasteiger partial charge on any atom is -0.486 e. The maximum atomic E-state index is 12.9. The first-order valence-electron chi connectivity index (χ1n) is 10.2. The molecule has 0 aromatic heterocycles. The van der Waals surface area contributed by atoms with Crippen LogP contribution in [0.3, 0.4) is 0 Å². The molecule has 31 heavy (non-hydrogen) atoms. The van der Waals surface area contributed by atoms with Crippen LogP contribution in [0.2, 0.25) is 0 Å². The zero-order valence-corrected chi connectivity index (χ0v) is 17.1. The maximum Gasteiger partial charge on any atom is 0.243 e. The molecule has 1 unspecified atom stereocenters. The largest absolute Gasteiger partial charge is 0.486 e. The van der Waals surface area contributed by atoms with Crippen LogP contribution < -0.4 is 20.1 Å². The van der Waals surface area contributed by atoms with Crippen molar-refractivity contribution in [1.29, 1.82) is 0 Å². The van der Waals surface area contributed by atoms with Crippen molar-refractivity contribution >= 4 is 22.6 Å². The Labute approximate surface area is 180 Å². The number of hydrogen-bond donors (Lipinski definition) is 2. The second-order valence-electron chi connectivity index (χ2n) is 7.29. The average Bonchev–Trinajstić information content (AvgIpc) is 2.81. The van der Waals surface area contributed by atoms with E-state index in [1.165, 1.54) is 6.08 Å². The van der Waals surface area contributed by atoms with Crippen molar-refractivity contribution in [3.8, 4) is 11.5 Å². The van der Waals surface area contributed by atoms with E-state index >= 15 is 0 Å². The zero-order chi connectivity index (χ0) is 21.6. The lowest BCUT2D eigenvalue weighted by atomic mass is 10.0. The van der Waals surface area contributed by atoms with Gasteiger partial charge in [-0.05, 0) is 34.5 Å². The number of hydrogen-bond acceptors (Lipinski definition) is 4. The summed E-state index contributed by atoms with van der Waals surface area (Å²) in [4.78, 5) is 24.6. The first-order valence-corrected chi connectivity index (χ1v) is 10.2. The lowest BCUT2D eigenvalue weighted by molar-refractivity contribution is -0.122. The van der Waals surface area contributed by atoms with Gasteiger partial charge in [0.1, 0.15) is 13.2 Å². The summed E-state index contributed by atoms with van der Waals surface area (Å²) < 4.78 is 11.3. The zero-order valence-electron chi connectivity index (χ0n) is 17.1. The molecule has 0 fully saturated rings. The van der Waals surface area contributed by atoms with Gasteiger partial charge in [-0.25, -0.2) is 0 Å². The Bertz CT molecular complexity index is 1130. The molecule has 2 amide bonds. The number of para-hydroxylation sites is 1. The van der Waals surface area contributed by atoms with Crippen LogP contribution >= 0.6 is 0 Å². The van der Waals surface area contributed by atoms with Gasteiger partial charge in [-0.1, -0.05) is 55.1 Å². The van der Waals surface area contributed by atoms with Gasteiger partial charge in [0, 0.05) is 12.1 Å². The number of benzene rings is 3.